The van der Waals surface area contributed by atoms with Crippen molar-refractivity contribution < 1.29 is 14.3 Å². The van der Waals surface area contributed by atoms with Crippen LogP contribution in [0.15, 0.2) is 36.5 Å². The summed E-state index contributed by atoms with van der Waals surface area (Å²) < 4.78 is 11.2. The lowest BCUT2D eigenvalue weighted by atomic mass is 10.2. The summed E-state index contributed by atoms with van der Waals surface area (Å²) in [6.07, 6.45) is 1.78. The van der Waals surface area contributed by atoms with E-state index < -0.39 is 0 Å². The van der Waals surface area contributed by atoms with Gasteiger partial charge >= 0.3 is 0 Å². The van der Waals surface area contributed by atoms with Crippen LogP contribution in [-0.4, -0.2) is 67.1 Å². The van der Waals surface area contributed by atoms with Gasteiger partial charge in [0.05, 0.1) is 7.11 Å². The number of hydrogen-bond acceptors (Lipinski definition) is 4. The van der Waals surface area contributed by atoms with Crippen molar-refractivity contribution >= 4 is 5.91 Å². The van der Waals surface area contributed by atoms with Gasteiger partial charge < -0.3 is 19.4 Å². The third-order valence-electron chi connectivity index (χ3n) is 4.47. The number of H-pyrrole nitrogens is 1. The van der Waals surface area contributed by atoms with Gasteiger partial charge in [-0.1, -0.05) is 6.07 Å². The van der Waals surface area contributed by atoms with Crippen LogP contribution < -0.4 is 9.47 Å². The Morgan fingerprint density at radius 2 is 1.96 bits per heavy atom. The largest absolute Gasteiger partial charge is 0.493 e. The first-order valence-corrected chi connectivity index (χ1v) is 8.60. The Bertz CT molecular complexity index is 692. The van der Waals surface area contributed by atoms with Gasteiger partial charge in [-0.25, -0.2) is 0 Å². The zero-order chi connectivity index (χ0) is 17.6. The molecule has 1 N–H and O–H groups in total. The molecule has 0 radical (unpaired) electrons. The van der Waals surface area contributed by atoms with Crippen molar-refractivity contribution in [2.24, 2.45) is 0 Å². The van der Waals surface area contributed by atoms with Crippen molar-refractivity contribution in [3.8, 4) is 11.5 Å². The predicted octanol–water partition coefficient (Wildman–Crippen LogP) is 2.17. The number of hydrogen-bond donors (Lipinski definition) is 1. The highest BCUT2D eigenvalue weighted by atomic mass is 16.5. The molecule has 6 nitrogen and oxygen atoms in total. The van der Waals surface area contributed by atoms with Crippen LogP contribution in [0.1, 0.15) is 16.1 Å². The fraction of sp³-hybridized carbons (Fsp3) is 0.421. The number of carbonyl (C=O) groups excluding carboxylic acids is 1. The zero-order valence-corrected chi connectivity index (χ0v) is 14.8. The van der Waals surface area contributed by atoms with E-state index in [1.165, 1.54) is 0 Å². The van der Waals surface area contributed by atoms with Crippen molar-refractivity contribution in [1.82, 2.24) is 14.8 Å². The van der Waals surface area contributed by atoms with Crippen molar-refractivity contribution in [3.63, 3.8) is 0 Å². The molecule has 25 heavy (non-hydrogen) atoms. The lowest BCUT2D eigenvalue weighted by molar-refractivity contribution is 0.0614. The highest BCUT2D eigenvalue weighted by Crippen LogP contribution is 2.27. The summed E-state index contributed by atoms with van der Waals surface area (Å²) in [5, 5.41) is 0. The standard InChI is InChI=1S/C19H25N3O3/c1-15-5-6-17(18(14-15)24-2)25-13-12-21-8-10-22(11-9-21)19(23)16-4-3-7-20-16/h3-7,14,20H,8-13H2,1-2H3. The van der Waals surface area contributed by atoms with Gasteiger partial charge in [0.2, 0.25) is 0 Å². The Morgan fingerprint density at radius 1 is 1.16 bits per heavy atom. The van der Waals surface area contributed by atoms with E-state index in [4.69, 9.17) is 9.47 Å². The Kier molecular flexibility index (Phi) is 5.60. The van der Waals surface area contributed by atoms with Crippen LogP contribution >= 0.6 is 0 Å². The summed E-state index contributed by atoms with van der Waals surface area (Å²) in [7, 11) is 1.65. The van der Waals surface area contributed by atoms with Gasteiger partial charge in [-0.05, 0) is 36.8 Å². The van der Waals surface area contributed by atoms with Crippen LogP contribution in [0, 0.1) is 6.92 Å². The molecule has 0 unspecified atom stereocenters. The van der Waals surface area contributed by atoms with Gasteiger partial charge in [-0.3, -0.25) is 9.69 Å². The summed E-state index contributed by atoms with van der Waals surface area (Å²) in [5.74, 6) is 1.61. The molecular formula is C19H25N3O3. The van der Waals surface area contributed by atoms with E-state index >= 15 is 0 Å². The third kappa shape index (κ3) is 4.33. The second kappa shape index (κ2) is 8.07. The average molecular weight is 343 g/mol. The number of piperazine rings is 1. The summed E-state index contributed by atoms with van der Waals surface area (Å²) >= 11 is 0. The first kappa shape index (κ1) is 17.4. The van der Waals surface area contributed by atoms with Gasteiger partial charge in [0.15, 0.2) is 11.5 Å². The Labute approximate surface area is 148 Å². The highest BCUT2D eigenvalue weighted by molar-refractivity contribution is 5.92. The number of aryl methyl sites for hydroxylation is 1. The molecule has 0 atom stereocenters. The number of aromatic amines is 1. The number of amides is 1. The zero-order valence-electron chi connectivity index (χ0n) is 14.8. The van der Waals surface area contributed by atoms with E-state index in [0.29, 0.717) is 12.3 Å². The number of ether oxygens (including phenoxy) is 2. The summed E-state index contributed by atoms with van der Waals surface area (Å²) in [4.78, 5) is 19.5. The van der Waals surface area contributed by atoms with Crippen LogP contribution in [0.4, 0.5) is 0 Å². The molecule has 1 fully saturated rings. The molecular weight excluding hydrogens is 318 g/mol. The van der Waals surface area contributed by atoms with E-state index in [9.17, 15) is 4.79 Å². The van der Waals surface area contributed by atoms with Crippen molar-refractivity contribution in [3.05, 3.63) is 47.8 Å². The smallest absolute Gasteiger partial charge is 0.270 e. The summed E-state index contributed by atoms with van der Waals surface area (Å²) in [5.41, 5.74) is 1.80. The molecule has 0 bridgehead atoms. The minimum absolute atomic E-state index is 0.0743. The molecule has 2 aromatic rings. The molecule has 6 heteroatoms. The lowest BCUT2D eigenvalue weighted by Crippen LogP contribution is -2.49. The Hall–Kier alpha value is -2.47. The SMILES string of the molecule is COc1cc(C)ccc1OCCN1CCN(C(=O)c2ccc[nH]2)CC1. The van der Waals surface area contributed by atoms with Crippen LogP contribution in [0.5, 0.6) is 11.5 Å². The number of nitrogens with zero attached hydrogens (tertiary/aromatic N) is 2. The number of methoxy groups -OCH3 is 1. The molecule has 1 saturated heterocycles. The van der Waals surface area contributed by atoms with E-state index in [2.05, 4.69) is 9.88 Å². The number of aromatic nitrogens is 1. The minimum Gasteiger partial charge on any atom is -0.493 e. The molecule has 0 spiro atoms. The van der Waals surface area contributed by atoms with Crippen LogP contribution in [-0.2, 0) is 0 Å². The maximum Gasteiger partial charge on any atom is 0.270 e. The molecule has 1 amide bonds. The van der Waals surface area contributed by atoms with E-state index in [1.54, 1.807) is 13.3 Å². The van der Waals surface area contributed by atoms with Crippen LogP contribution in [0.3, 0.4) is 0 Å². The topological polar surface area (TPSA) is 57.8 Å². The van der Waals surface area contributed by atoms with E-state index in [1.807, 2.05) is 42.2 Å². The predicted molar refractivity (Wildman–Crippen MR) is 96.4 cm³/mol. The monoisotopic (exact) mass is 343 g/mol. The van der Waals surface area contributed by atoms with E-state index in [-0.39, 0.29) is 5.91 Å². The van der Waals surface area contributed by atoms with E-state index in [0.717, 1.165) is 49.8 Å². The molecule has 1 aliphatic heterocycles. The minimum atomic E-state index is 0.0743. The molecule has 1 aliphatic rings. The Balaban J connectivity index is 1.43. The normalized spacial score (nSPS) is 15.2. The molecule has 3 rings (SSSR count). The van der Waals surface area contributed by atoms with Gasteiger partial charge in [0.25, 0.3) is 5.91 Å². The fourth-order valence-electron chi connectivity index (χ4n) is 2.99. The van der Waals surface area contributed by atoms with Crippen molar-refractivity contribution in [1.29, 1.82) is 0 Å². The lowest BCUT2D eigenvalue weighted by Gasteiger charge is -2.34. The quantitative estimate of drug-likeness (QED) is 0.873. The number of carbonyl (C=O) groups is 1. The average Bonchev–Trinajstić information content (AvgIpc) is 3.17. The maximum atomic E-state index is 12.3. The van der Waals surface area contributed by atoms with Gasteiger partial charge in [-0.15, -0.1) is 0 Å². The molecule has 1 aromatic carbocycles. The highest BCUT2D eigenvalue weighted by Gasteiger charge is 2.22. The summed E-state index contributed by atoms with van der Waals surface area (Å²) in [6, 6.07) is 9.60. The van der Waals surface area contributed by atoms with Crippen LogP contribution in [0.25, 0.3) is 0 Å². The number of rotatable bonds is 6. The van der Waals surface area contributed by atoms with Crippen molar-refractivity contribution in [2.45, 2.75) is 6.92 Å². The third-order valence-corrected chi connectivity index (χ3v) is 4.47. The number of nitrogens with one attached hydrogen (secondary N) is 1. The molecule has 2 heterocycles. The summed E-state index contributed by atoms with van der Waals surface area (Å²) in [6.45, 7) is 6.67. The second-order valence-corrected chi connectivity index (χ2v) is 6.22. The molecule has 0 aliphatic carbocycles. The maximum absolute atomic E-state index is 12.3. The fourth-order valence-corrected chi connectivity index (χ4v) is 2.99. The molecule has 1 aromatic heterocycles. The van der Waals surface area contributed by atoms with Crippen molar-refractivity contribution in [2.75, 3.05) is 46.4 Å². The van der Waals surface area contributed by atoms with Gasteiger partial charge in [0, 0.05) is 38.9 Å². The van der Waals surface area contributed by atoms with Gasteiger partial charge in [-0.2, -0.15) is 0 Å². The number of benzene rings is 1. The first-order valence-electron chi connectivity index (χ1n) is 8.60. The van der Waals surface area contributed by atoms with Crippen LogP contribution in [0.2, 0.25) is 0 Å². The molecule has 0 saturated carbocycles. The second-order valence-electron chi connectivity index (χ2n) is 6.22. The first-order chi connectivity index (χ1) is 12.2. The van der Waals surface area contributed by atoms with Gasteiger partial charge in [0.1, 0.15) is 12.3 Å². The molecule has 134 valence electrons. The Morgan fingerprint density at radius 3 is 2.64 bits per heavy atom.